The Morgan fingerprint density at radius 1 is 0.962 bits per heavy atom. The molecule has 3 aromatic rings. The van der Waals surface area contributed by atoms with Gasteiger partial charge in [-0.05, 0) is 67.5 Å². The van der Waals surface area contributed by atoms with E-state index >= 15 is 0 Å². The van der Waals surface area contributed by atoms with Crippen LogP contribution in [0.5, 0.6) is 0 Å². The molecule has 1 saturated carbocycles. The lowest BCUT2D eigenvalue weighted by molar-refractivity contribution is 0.828. The predicted octanol–water partition coefficient (Wildman–Crippen LogP) is 6.00. The summed E-state index contributed by atoms with van der Waals surface area (Å²) in [6.45, 7) is 7.50. The van der Waals surface area contributed by atoms with Gasteiger partial charge in [-0.2, -0.15) is 0 Å². The first-order valence-electron chi connectivity index (χ1n) is 9.79. The van der Waals surface area contributed by atoms with Gasteiger partial charge in [0.2, 0.25) is 0 Å². The first-order valence-corrected chi connectivity index (χ1v) is 9.79. The number of unbranched alkanes of at least 4 members (excludes halogenated alkanes) is 1. The van der Waals surface area contributed by atoms with Crippen molar-refractivity contribution in [3.63, 3.8) is 0 Å². The third-order valence-electron chi connectivity index (χ3n) is 5.32. The van der Waals surface area contributed by atoms with Crippen LogP contribution in [0.25, 0.3) is 22.0 Å². The van der Waals surface area contributed by atoms with Gasteiger partial charge in [0, 0.05) is 17.8 Å². The molecule has 0 bridgehead atoms. The van der Waals surface area contributed by atoms with Crippen LogP contribution in [-0.2, 0) is 0 Å². The van der Waals surface area contributed by atoms with Crippen molar-refractivity contribution < 1.29 is 0 Å². The maximum Gasteiger partial charge on any atom is 0.137 e. The van der Waals surface area contributed by atoms with E-state index < -0.39 is 0 Å². The van der Waals surface area contributed by atoms with Gasteiger partial charge in [0.15, 0.2) is 0 Å². The minimum atomic E-state index is 0.561. The highest BCUT2D eigenvalue weighted by atomic mass is 15.0. The van der Waals surface area contributed by atoms with Crippen molar-refractivity contribution in [1.82, 2.24) is 9.97 Å². The highest BCUT2D eigenvalue weighted by Crippen LogP contribution is 2.39. The van der Waals surface area contributed by atoms with Crippen molar-refractivity contribution in [3.05, 3.63) is 53.3 Å². The molecule has 0 aliphatic heterocycles. The molecule has 3 heteroatoms. The fourth-order valence-corrected chi connectivity index (χ4v) is 3.29. The molecule has 1 fully saturated rings. The number of nitrogens with zero attached hydrogens (tertiary/aromatic N) is 2. The zero-order valence-electron chi connectivity index (χ0n) is 16.0. The lowest BCUT2D eigenvalue weighted by Gasteiger charge is -2.12. The van der Waals surface area contributed by atoms with Crippen LogP contribution >= 0.6 is 0 Å². The molecule has 3 nitrogen and oxygen atoms in total. The maximum atomic E-state index is 4.88. The smallest absolute Gasteiger partial charge is 0.137 e. The van der Waals surface area contributed by atoms with Crippen LogP contribution in [0.4, 0.5) is 5.82 Å². The Kier molecular flexibility index (Phi) is 4.62. The number of anilines is 1. The largest absolute Gasteiger partial charge is 0.369 e. The molecule has 2 aromatic carbocycles. The molecule has 0 atom stereocenters. The Hall–Kier alpha value is -2.42. The van der Waals surface area contributed by atoms with Crippen molar-refractivity contribution in [2.45, 2.75) is 52.4 Å². The monoisotopic (exact) mass is 345 g/mol. The van der Waals surface area contributed by atoms with Gasteiger partial charge in [-0.25, -0.2) is 9.97 Å². The predicted molar refractivity (Wildman–Crippen MR) is 110 cm³/mol. The molecule has 1 aromatic heterocycles. The number of hydrogen-bond acceptors (Lipinski definition) is 3. The molecule has 1 aliphatic rings. The second-order valence-electron chi connectivity index (χ2n) is 7.52. The van der Waals surface area contributed by atoms with Crippen LogP contribution in [0.1, 0.15) is 55.5 Å². The Morgan fingerprint density at radius 2 is 1.73 bits per heavy atom. The Balaban J connectivity index is 1.78. The lowest BCUT2D eigenvalue weighted by atomic mass is 9.99. The van der Waals surface area contributed by atoms with Gasteiger partial charge in [-0.3, -0.25) is 0 Å². The van der Waals surface area contributed by atoms with Crippen molar-refractivity contribution >= 4 is 16.7 Å². The molecular formula is C23H27N3. The summed E-state index contributed by atoms with van der Waals surface area (Å²) >= 11 is 0. The summed E-state index contributed by atoms with van der Waals surface area (Å²) in [5, 5.41) is 4.69. The van der Waals surface area contributed by atoms with E-state index in [2.05, 4.69) is 62.5 Å². The van der Waals surface area contributed by atoms with Crippen LogP contribution in [0, 0.1) is 13.8 Å². The fraction of sp³-hybridized carbons (Fsp3) is 0.391. The highest BCUT2D eigenvalue weighted by molar-refractivity contribution is 5.92. The van der Waals surface area contributed by atoms with Gasteiger partial charge in [0.25, 0.3) is 0 Å². The number of aryl methyl sites for hydroxylation is 2. The van der Waals surface area contributed by atoms with Crippen LogP contribution < -0.4 is 5.32 Å². The molecule has 0 saturated heterocycles. The first kappa shape index (κ1) is 17.0. The summed E-state index contributed by atoms with van der Waals surface area (Å²) < 4.78 is 0. The molecule has 0 unspecified atom stereocenters. The molecular weight excluding hydrogens is 318 g/mol. The zero-order chi connectivity index (χ0) is 18.1. The van der Waals surface area contributed by atoms with E-state index in [9.17, 15) is 0 Å². The summed E-state index contributed by atoms with van der Waals surface area (Å²) in [4.78, 5) is 9.72. The number of nitrogens with one attached hydrogen (secondary N) is 1. The number of aromatic nitrogens is 2. The Morgan fingerprint density at radius 3 is 2.46 bits per heavy atom. The van der Waals surface area contributed by atoms with Gasteiger partial charge >= 0.3 is 0 Å². The Bertz CT molecular complexity index is 942. The van der Waals surface area contributed by atoms with E-state index in [0.717, 1.165) is 35.5 Å². The summed E-state index contributed by atoms with van der Waals surface area (Å²) in [6, 6.07) is 13.2. The summed E-state index contributed by atoms with van der Waals surface area (Å²) in [5.41, 5.74) is 6.18. The Labute approximate surface area is 155 Å². The first-order chi connectivity index (χ1) is 12.7. The van der Waals surface area contributed by atoms with Crippen molar-refractivity contribution in [2.75, 3.05) is 11.9 Å². The van der Waals surface area contributed by atoms with E-state index in [0.29, 0.717) is 5.92 Å². The quantitative estimate of drug-likeness (QED) is 0.556. The number of fused-ring (bicyclic) bond motifs is 1. The zero-order valence-corrected chi connectivity index (χ0v) is 16.0. The second kappa shape index (κ2) is 7.06. The lowest BCUT2D eigenvalue weighted by Crippen LogP contribution is -2.06. The van der Waals surface area contributed by atoms with Crippen LogP contribution in [0.2, 0.25) is 0 Å². The van der Waals surface area contributed by atoms with E-state index in [4.69, 9.17) is 9.97 Å². The number of hydrogen-bond donors (Lipinski definition) is 1. The molecule has 134 valence electrons. The molecule has 0 amide bonds. The standard InChI is InChI=1S/C23H27N3/c1-4-5-12-24-23-20-14-19(18-7-6-15(2)16(3)13-18)10-11-21(20)25-22(26-23)17-8-9-17/h6-7,10-11,13-14,17H,4-5,8-9,12H2,1-3H3,(H,24,25,26). The molecule has 1 aliphatic carbocycles. The van der Waals surface area contributed by atoms with Gasteiger partial charge in [0.05, 0.1) is 5.52 Å². The van der Waals surface area contributed by atoms with Crippen molar-refractivity contribution in [1.29, 1.82) is 0 Å². The van der Waals surface area contributed by atoms with E-state index in [-0.39, 0.29) is 0 Å². The average molecular weight is 345 g/mol. The van der Waals surface area contributed by atoms with E-state index in [1.807, 2.05) is 0 Å². The minimum absolute atomic E-state index is 0.561. The molecule has 26 heavy (non-hydrogen) atoms. The van der Waals surface area contributed by atoms with E-state index in [1.54, 1.807) is 0 Å². The molecule has 1 heterocycles. The molecule has 0 radical (unpaired) electrons. The summed E-state index contributed by atoms with van der Waals surface area (Å²) in [5.74, 6) is 2.57. The molecule has 0 spiro atoms. The van der Waals surface area contributed by atoms with Gasteiger partial charge < -0.3 is 5.32 Å². The van der Waals surface area contributed by atoms with Crippen LogP contribution in [0.15, 0.2) is 36.4 Å². The SMILES string of the molecule is CCCCNc1nc(C2CC2)nc2ccc(-c3ccc(C)c(C)c3)cc12. The normalized spacial score (nSPS) is 14.0. The van der Waals surface area contributed by atoms with Gasteiger partial charge in [0.1, 0.15) is 11.6 Å². The number of rotatable bonds is 6. The molecule has 4 rings (SSSR count). The maximum absolute atomic E-state index is 4.88. The average Bonchev–Trinajstić information content (AvgIpc) is 3.49. The third-order valence-corrected chi connectivity index (χ3v) is 5.32. The second-order valence-corrected chi connectivity index (χ2v) is 7.52. The van der Waals surface area contributed by atoms with Crippen LogP contribution in [-0.4, -0.2) is 16.5 Å². The summed E-state index contributed by atoms with van der Waals surface area (Å²) in [7, 11) is 0. The van der Waals surface area contributed by atoms with Crippen molar-refractivity contribution in [3.8, 4) is 11.1 Å². The minimum Gasteiger partial charge on any atom is -0.369 e. The third kappa shape index (κ3) is 3.44. The fourth-order valence-electron chi connectivity index (χ4n) is 3.29. The van der Waals surface area contributed by atoms with Gasteiger partial charge in [-0.1, -0.05) is 37.6 Å². The topological polar surface area (TPSA) is 37.8 Å². The number of benzene rings is 2. The highest BCUT2D eigenvalue weighted by Gasteiger charge is 2.27. The van der Waals surface area contributed by atoms with Crippen LogP contribution in [0.3, 0.4) is 0 Å². The molecule has 1 N–H and O–H groups in total. The van der Waals surface area contributed by atoms with E-state index in [1.165, 1.54) is 41.5 Å². The summed E-state index contributed by atoms with van der Waals surface area (Å²) in [6.07, 6.45) is 4.78. The van der Waals surface area contributed by atoms with Crippen molar-refractivity contribution in [2.24, 2.45) is 0 Å². The van der Waals surface area contributed by atoms with Gasteiger partial charge in [-0.15, -0.1) is 0 Å².